The summed E-state index contributed by atoms with van der Waals surface area (Å²) in [4.78, 5) is 25.5. The summed E-state index contributed by atoms with van der Waals surface area (Å²) in [7, 11) is 0. The van der Waals surface area contributed by atoms with Crippen LogP contribution in [0, 0.1) is 0 Å². The summed E-state index contributed by atoms with van der Waals surface area (Å²) < 4.78 is 0. The van der Waals surface area contributed by atoms with E-state index in [1.54, 1.807) is 11.3 Å². The Hall–Kier alpha value is -1.56. The Bertz CT molecular complexity index is 443. The summed E-state index contributed by atoms with van der Waals surface area (Å²) in [6.07, 6.45) is 2.58. The van der Waals surface area contributed by atoms with E-state index in [0.29, 0.717) is 0 Å². The molecule has 1 aromatic heterocycles. The van der Waals surface area contributed by atoms with Gasteiger partial charge in [-0.1, -0.05) is 6.07 Å². The number of nitrogens with zero attached hydrogens (tertiary/aromatic N) is 1. The van der Waals surface area contributed by atoms with Gasteiger partial charge in [-0.15, -0.1) is 11.3 Å². The van der Waals surface area contributed by atoms with E-state index in [1.165, 1.54) is 9.78 Å². The van der Waals surface area contributed by atoms with Crippen molar-refractivity contribution in [2.45, 2.75) is 38.3 Å². The minimum Gasteiger partial charge on any atom is -0.480 e. The summed E-state index contributed by atoms with van der Waals surface area (Å²) >= 11 is 1.66. The van der Waals surface area contributed by atoms with Crippen molar-refractivity contribution >= 4 is 23.3 Å². The van der Waals surface area contributed by atoms with Gasteiger partial charge in [-0.05, 0) is 31.2 Å². The predicted octanol–water partition coefficient (Wildman–Crippen LogP) is 1.94. The van der Waals surface area contributed by atoms with E-state index in [0.717, 1.165) is 19.3 Å². The highest BCUT2D eigenvalue weighted by Gasteiger charge is 2.34. The molecule has 2 amide bonds. The van der Waals surface area contributed by atoms with Crippen molar-refractivity contribution in [3.63, 3.8) is 0 Å². The molecule has 1 fully saturated rings. The molecule has 0 bridgehead atoms. The summed E-state index contributed by atoms with van der Waals surface area (Å²) in [6.45, 7) is 1.71. The first-order valence-corrected chi connectivity index (χ1v) is 7.25. The van der Waals surface area contributed by atoms with Crippen molar-refractivity contribution in [3.8, 4) is 0 Å². The molecule has 104 valence electrons. The molecule has 0 radical (unpaired) electrons. The molecule has 0 aliphatic heterocycles. The largest absolute Gasteiger partial charge is 0.480 e. The van der Waals surface area contributed by atoms with E-state index < -0.39 is 5.97 Å². The summed E-state index contributed by atoms with van der Waals surface area (Å²) in [5, 5.41) is 13.7. The Kier molecular flexibility index (Phi) is 4.42. The highest BCUT2D eigenvalue weighted by Crippen LogP contribution is 2.26. The number of carbonyl (C=O) groups excluding carboxylic acids is 1. The Morgan fingerprint density at radius 1 is 1.58 bits per heavy atom. The molecule has 19 heavy (non-hydrogen) atoms. The van der Waals surface area contributed by atoms with E-state index in [-0.39, 0.29) is 24.7 Å². The average molecular weight is 282 g/mol. The molecule has 2 N–H and O–H groups in total. The number of amides is 2. The van der Waals surface area contributed by atoms with Crippen LogP contribution in [0.25, 0.3) is 0 Å². The van der Waals surface area contributed by atoms with Crippen LogP contribution < -0.4 is 5.32 Å². The average Bonchev–Trinajstić information content (AvgIpc) is 3.04. The molecule has 2 rings (SSSR count). The predicted molar refractivity (Wildman–Crippen MR) is 73.4 cm³/mol. The Balaban J connectivity index is 1.85. The SMILES string of the molecule is CC(Cc1cccs1)NC(=O)N(CC(=O)O)C1CC1. The van der Waals surface area contributed by atoms with Crippen LogP contribution in [0.5, 0.6) is 0 Å². The molecule has 6 heteroatoms. The van der Waals surface area contributed by atoms with Gasteiger partial charge in [-0.25, -0.2) is 4.79 Å². The molecule has 0 aromatic carbocycles. The molecule has 1 unspecified atom stereocenters. The highest BCUT2D eigenvalue weighted by molar-refractivity contribution is 7.09. The number of hydrogen-bond acceptors (Lipinski definition) is 3. The van der Waals surface area contributed by atoms with E-state index in [2.05, 4.69) is 5.32 Å². The maximum atomic E-state index is 12.1. The molecule has 1 aromatic rings. The third kappa shape index (κ3) is 4.24. The van der Waals surface area contributed by atoms with Gasteiger partial charge in [0, 0.05) is 23.4 Å². The molecule has 0 spiro atoms. The fraction of sp³-hybridized carbons (Fsp3) is 0.538. The molecule has 5 nitrogen and oxygen atoms in total. The van der Waals surface area contributed by atoms with Crippen LogP contribution in [0.4, 0.5) is 4.79 Å². The minimum atomic E-state index is -0.965. The van der Waals surface area contributed by atoms with Crippen LogP contribution in [-0.2, 0) is 11.2 Å². The lowest BCUT2D eigenvalue weighted by atomic mass is 10.2. The normalized spacial score (nSPS) is 15.8. The Morgan fingerprint density at radius 2 is 2.32 bits per heavy atom. The molecule has 1 saturated carbocycles. The number of nitrogens with one attached hydrogen (secondary N) is 1. The standard InChI is InChI=1S/C13H18N2O3S/c1-9(7-11-3-2-6-19-11)14-13(18)15(8-12(16)17)10-4-5-10/h2-3,6,9-10H,4-5,7-8H2,1H3,(H,14,18)(H,16,17). The number of aliphatic carboxylic acids is 1. The third-order valence-corrected chi connectivity index (χ3v) is 3.91. The van der Waals surface area contributed by atoms with Crippen LogP contribution in [0.1, 0.15) is 24.6 Å². The van der Waals surface area contributed by atoms with Crippen LogP contribution in [0.15, 0.2) is 17.5 Å². The molecule has 1 atom stereocenters. The Morgan fingerprint density at radius 3 is 2.84 bits per heavy atom. The summed E-state index contributed by atoms with van der Waals surface area (Å²) in [5.74, 6) is -0.965. The van der Waals surface area contributed by atoms with Gasteiger partial charge in [0.2, 0.25) is 0 Å². The molecular weight excluding hydrogens is 264 g/mol. The number of carboxylic acids is 1. The first kappa shape index (κ1) is 13.9. The van der Waals surface area contributed by atoms with Gasteiger partial charge in [-0.2, -0.15) is 0 Å². The number of rotatable bonds is 6. The van der Waals surface area contributed by atoms with Crippen molar-refractivity contribution in [2.75, 3.05) is 6.54 Å². The van der Waals surface area contributed by atoms with E-state index >= 15 is 0 Å². The smallest absolute Gasteiger partial charge is 0.323 e. The summed E-state index contributed by atoms with van der Waals surface area (Å²) in [5.41, 5.74) is 0. The zero-order valence-corrected chi connectivity index (χ0v) is 11.7. The minimum absolute atomic E-state index is 0.00111. The molecule has 1 heterocycles. The fourth-order valence-corrected chi connectivity index (χ4v) is 2.81. The quantitative estimate of drug-likeness (QED) is 0.837. The number of carboxylic acid groups (broad SMARTS) is 1. The van der Waals surface area contributed by atoms with Gasteiger partial charge in [0.1, 0.15) is 6.54 Å². The van der Waals surface area contributed by atoms with Gasteiger partial charge in [0.15, 0.2) is 0 Å². The molecule has 1 aliphatic rings. The maximum Gasteiger partial charge on any atom is 0.323 e. The zero-order valence-electron chi connectivity index (χ0n) is 10.8. The van der Waals surface area contributed by atoms with Gasteiger partial charge in [0.25, 0.3) is 0 Å². The second-order valence-electron chi connectivity index (χ2n) is 4.89. The lowest BCUT2D eigenvalue weighted by Crippen LogP contribution is -2.47. The van der Waals surface area contributed by atoms with Crippen LogP contribution in [-0.4, -0.2) is 40.6 Å². The van der Waals surface area contributed by atoms with Gasteiger partial charge < -0.3 is 15.3 Å². The van der Waals surface area contributed by atoms with E-state index in [9.17, 15) is 9.59 Å². The lowest BCUT2D eigenvalue weighted by Gasteiger charge is -2.23. The topological polar surface area (TPSA) is 69.6 Å². The van der Waals surface area contributed by atoms with Gasteiger partial charge in [0.05, 0.1) is 0 Å². The van der Waals surface area contributed by atoms with Crippen LogP contribution in [0.3, 0.4) is 0 Å². The number of hydrogen-bond donors (Lipinski definition) is 2. The molecular formula is C13H18N2O3S. The fourth-order valence-electron chi connectivity index (χ4n) is 1.97. The highest BCUT2D eigenvalue weighted by atomic mass is 32.1. The first-order chi connectivity index (χ1) is 9.06. The van der Waals surface area contributed by atoms with E-state index in [1.807, 2.05) is 24.4 Å². The first-order valence-electron chi connectivity index (χ1n) is 6.37. The van der Waals surface area contributed by atoms with E-state index in [4.69, 9.17) is 5.11 Å². The second kappa shape index (κ2) is 6.06. The summed E-state index contributed by atoms with van der Waals surface area (Å²) in [6, 6.07) is 3.85. The number of urea groups is 1. The monoisotopic (exact) mass is 282 g/mol. The molecule has 1 aliphatic carbocycles. The van der Waals surface area contributed by atoms with Crippen LogP contribution in [0.2, 0.25) is 0 Å². The zero-order chi connectivity index (χ0) is 13.8. The second-order valence-corrected chi connectivity index (χ2v) is 5.92. The number of thiophene rings is 1. The third-order valence-electron chi connectivity index (χ3n) is 3.01. The molecule has 0 saturated heterocycles. The van der Waals surface area contributed by atoms with Gasteiger partial charge >= 0.3 is 12.0 Å². The van der Waals surface area contributed by atoms with Gasteiger partial charge in [-0.3, -0.25) is 4.79 Å². The van der Waals surface area contributed by atoms with Crippen molar-refractivity contribution in [2.24, 2.45) is 0 Å². The van der Waals surface area contributed by atoms with Crippen molar-refractivity contribution in [1.29, 1.82) is 0 Å². The van der Waals surface area contributed by atoms with Crippen molar-refractivity contribution in [1.82, 2.24) is 10.2 Å². The number of carbonyl (C=O) groups is 2. The van der Waals surface area contributed by atoms with Crippen LogP contribution >= 0.6 is 11.3 Å². The maximum absolute atomic E-state index is 12.1. The van der Waals surface area contributed by atoms with Crippen molar-refractivity contribution < 1.29 is 14.7 Å². The van der Waals surface area contributed by atoms with Crippen molar-refractivity contribution in [3.05, 3.63) is 22.4 Å². The Labute approximate surface area is 116 Å². The lowest BCUT2D eigenvalue weighted by molar-refractivity contribution is -0.137.